The lowest BCUT2D eigenvalue weighted by atomic mass is 10.1. The molecule has 25 heavy (non-hydrogen) atoms. The molecule has 0 fully saturated rings. The van der Waals surface area contributed by atoms with Gasteiger partial charge < -0.3 is 10.1 Å². The van der Waals surface area contributed by atoms with Crippen molar-refractivity contribution in [3.05, 3.63) is 53.3 Å². The Hall–Kier alpha value is -2.45. The van der Waals surface area contributed by atoms with Crippen LogP contribution in [0.4, 0.5) is 10.1 Å². The molecule has 0 unspecified atom stereocenters. The first-order chi connectivity index (χ1) is 11.7. The fourth-order valence-corrected chi connectivity index (χ4v) is 3.22. The molecule has 2 aromatic carbocycles. The Balaban J connectivity index is 2.43. The van der Waals surface area contributed by atoms with Crippen LogP contribution in [0, 0.1) is 12.7 Å². The maximum atomic E-state index is 13.8. The van der Waals surface area contributed by atoms with Gasteiger partial charge in [0.1, 0.15) is 16.5 Å². The first-order valence-corrected chi connectivity index (χ1v) is 8.79. The third-order valence-corrected chi connectivity index (χ3v) is 5.39. The zero-order valence-corrected chi connectivity index (χ0v) is 15.1. The Kier molecular flexibility index (Phi) is 5.44. The van der Waals surface area contributed by atoms with Gasteiger partial charge in [-0.3, -0.25) is 4.79 Å². The maximum Gasteiger partial charge on any atom is 0.255 e. The van der Waals surface area contributed by atoms with Crippen LogP contribution < -0.4 is 10.1 Å². The van der Waals surface area contributed by atoms with Gasteiger partial charge >= 0.3 is 0 Å². The number of rotatable bonds is 5. The summed E-state index contributed by atoms with van der Waals surface area (Å²) >= 11 is 0. The van der Waals surface area contributed by atoms with E-state index in [1.165, 1.54) is 51.5 Å². The molecule has 0 bridgehead atoms. The maximum absolute atomic E-state index is 13.8. The number of ether oxygens (including phenoxy) is 1. The standard InChI is InChI=1S/C17H19FN2O4S/c1-11-5-7-13(18)14(9-11)19-17(21)12-6-8-15(24-4)16(10-12)25(22,23)20(2)3/h5-10H,1-4H3,(H,19,21). The molecule has 0 spiro atoms. The number of methoxy groups -OCH3 is 1. The smallest absolute Gasteiger partial charge is 0.255 e. The van der Waals surface area contributed by atoms with Crippen LogP contribution in [0.1, 0.15) is 15.9 Å². The van der Waals surface area contributed by atoms with Crippen molar-refractivity contribution in [2.45, 2.75) is 11.8 Å². The van der Waals surface area contributed by atoms with E-state index in [1.807, 2.05) is 0 Å². The summed E-state index contributed by atoms with van der Waals surface area (Å²) in [5.41, 5.74) is 0.877. The van der Waals surface area contributed by atoms with Crippen molar-refractivity contribution in [3.63, 3.8) is 0 Å². The lowest BCUT2D eigenvalue weighted by Gasteiger charge is -2.15. The summed E-state index contributed by atoms with van der Waals surface area (Å²) in [6, 6.07) is 8.33. The highest BCUT2D eigenvalue weighted by atomic mass is 32.2. The molecule has 1 amide bonds. The highest BCUT2D eigenvalue weighted by Crippen LogP contribution is 2.27. The summed E-state index contributed by atoms with van der Waals surface area (Å²) in [5, 5.41) is 2.45. The zero-order valence-electron chi connectivity index (χ0n) is 14.3. The summed E-state index contributed by atoms with van der Waals surface area (Å²) in [6.07, 6.45) is 0. The van der Waals surface area contributed by atoms with Crippen LogP contribution in [-0.4, -0.2) is 39.8 Å². The van der Waals surface area contributed by atoms with E-state index in [0.29, 0.717) is 0 Å². The minimum Gasteiger partial charge on any atom is -0.495 e. The first kappa shape index (κ1) is 18.9. The van der Waals surface area contributed by atoms with Crippen molar-refractivity contribution in [2.75, 3.05) is 26.5 Å². The van der Waals surface area contributed by atoms with E-state index >= 15 is 0 Å². The number of halogens is 1. The van der Waals surface area contributed by atoms with Crippen LogP contribution >= 0.6 is 0 Å². The van der Waals surface area contributed by atoms with Crippen LogP contribution in [0.3, 0.4) is 0 Å². The molecule has 0 aromatic heterocycles. The van der Waals surface area contributed by atoms with Crippen molar-refractivity contribution in [2.24, 2.45) is 0 Å². The fourth-order valence-electron chi connectivity index (χ4n) is 2.15. The van der Waals surface area contributed by atoms with Crippen LogP contribution in [0.25, 0.3) is 0 Å². The van der Waals surface area contributed by atoms with E-state index < -0.39 is 21.7 Å². The van der Waals surface area contributed by atoms with Gasteiger partial charge in [0.2, 0.25) is 10.0 Å². The van der Waals surface area contributed by atoms with Crippen molar-refractivity contribution >= 4 is 21.6 Å². The molecule has 6 nitrogen and oxygen atoms in total. The lowest BCUT2D eigenvalue weighted by Crippen LogP contribution is -2.23. The van der Waals surface area contributed by atoms with Gasteiger partial charge in [0, 0.05) is 19.7 Å². The highest BCUT2D eigenvalue weighted by molar-refractivity contribution is 7.89. The van der Waals surface area contributed by atoms with Crippen molar-refractivity contribution in [1.82, 2.24) is 4.31 Å². The Morgan fingerprint density at radius 3 is 2.44 bits per heavy atom. The average molecular weight is 366 g/mol. The molecule has 0 atom stereocenters. The number of carbonyl (C=O) groups is 1. The van der Waals surface area contributed by atoms with Gasteiger partial charge in [-0.15, -0.1) is 0 Å². The number of nitrogens with one attached hydrogen (secondary N) is 1. The summed E-state index contributed by atoms with van der Waals surface area (Å²) < 4.78 is 44.7. The SMILES string of the molecule is COc1ccc(C(=O)Nc2cc(C)ccc2F)cc1S(=O)(=O)N(C)C. The third-order valence-electron chi connectivity index (χ3n) is 3.55. The minimum atomic E-state index is -3.81. The van der Waals surface area contributed by atoms with Crippen LogP contribution in [0.2, 0.25) is 0 Å². The fraction of sp³-hybridized carbons (Fsp3) is 0.235. The monoisotopic (exact) mass is 366 g/mol. The van der Waals surface area contributed by atoms with Gasteiger partial charge in [0.25, 0.3) is 5.91 Å². The van der Waals surface area contributed by atoms with Gasteiger partial charge in [0.05, 0.1) is 12.8 Å². The molecule has 2 aromatic rings. The second kappa shape index (κ2) is 7.20. The molecular weight excluding hydrogens is 347 g/mol. The third kappa shape index (κ3) is 3.97. The zero-order chi connectivity index (χ0) is 18.8. The summed E-state index contributed by atoms with van der Waals surface area (Å²) in [7, 11) is 0.287. The molecule has 0 saturated carbocycles. The minimum absolute atomic E-state index is 0.0258. The molecule has 0 heterocycles. The van der Waals surface area contributed by atoms with Crippen LogP contribution in [0.15, 0.2) is 41.3 Å². The molecule has 0 saturated heterocycles. The van der Waals surface area contributed by atoms with E-state index in [-0.39, 0.29) is 21.9 Å². The summed E-state index contributed by atoms with van der Waals surface area (Å²) in [6.45, 7) is 1.77. The number of amides is 1. The molecule has 8 heteroatoms. The van der Waals surface area contributed by atoms with Crippen molar-refractivity contribution < 1.29 is 22.3 Å². The Labute approximate surface area is 146 Å². The average Bonchev–Trinajstić information content (AvgIpc) is 2.57. The number of anilines is 1. The Morgan fingerprint density at radius 2 is 1.84 bits per heavy atom. The van der Waals surface area contributed by atoms with E-state index in [4.69, 9.17) is 4.74 Å². The lowest BCUT2D eigenvalue weighted by molar-refractivity contribution is 0.102. The molecule has 0 radical (unpaired) electrons. The van der Waals surface area contributed by atoms with Gasteiger partial charge in [-0.05, 0) is 42.8 Å². The Bertz CT molecular complexity index is 911. The number of aryl methyl sites for hydroxylation is 1. The number of sulfonamides is 1. The Morgan fingerprint density at radius 1 is 1.16 bits per heavy atom. The van der Waals surface area contributed by atoms with Gasteiger partial charge in [-0.2, -0.15) is 0 Å². The summed E-state index contributed by atoms with van der Waals surface area (Å²) in [4.78, 5) is 12.3. The topological polar surface area (TPSA) is 75.7 Å². The van der Waals surface area contributed by atoms with Crippen molar-refractivity contribution in [1.29, 1.82) is 0 Å². The molecule has 1 N–H and O–H groups in total. The second-order valence-corrected chi connectivity index (χ2v) is 7.71. The predicted octanol–water partition coefficient (Wildman–Crippen LogP) is 2.65. The van der Waals surface area contributed by atoms with Gasteiger partial charge in [0.15, 0.2) is 0 Å². The van der Waals surface area contributed by atoms with Gasteiger partial charge in [-0.25, -0.2) is 17.1 Å². The van der Waals surface area contributed by atoms with E-state index in [0.717, 1.165) is 9.87 Å². The normalized spacial score (nSPS) is 11.4. The number of nitrogens with zero attached hydrogens (tertiary/aromatic N) is 1. The largest absolute Gasteiger partial charge is 0.495 e. The number of carbonyl (C=O) groups excluding carboxylic acids is 1. The molecule has 0 aliphatic carbocycles. The number of benzene rings is 2. The highest BCUT2D eigenvalue weighted by Gasteiger charge is 2.24. The second-order valence-electron chi connectivity index (χ2n) is 5.59. The van der Waals surface area contributed by atoms with Crippen molar-refractivity contribution in [3.8, 4) is 5.75 Å². The summed E-state index contributed by atoms with van der Waals surface area (Å²) in [5.74, 6) is -1.08. The van der Waals surface area contributed by atoms with E-state index in [9.17, 15) is 17.6 Å². The van der Waals surface area contributed by atoms with E-state index in [1.54, 1.807) is 13.0 Å². The van der Waals surface area contributed by atoms with E-state index in [2.05, 4.69) is 5.32 Å². The molecule has 134 valence electrons. The predicted molar refractivity (Wildman–Crippen MR) is 93.0 cm³/mol. The molecule has 2 rings (SSSR count). The first-order valence-electron chi connectivity index (χ1n) is 7.35. The van der Waals surface area contributed by atoms with Gasteiger partial charge in [-0.1, -0.05) is 6.07 Å². The molecule has 0 aliphatic heterocycles. The number of hydrogen-bond acceptors (Lipinski definition) is 4. The van der Waals surface area contributed by atoms with Crippen LogP contribution in [0.5, 0.6) is 5.75 Å². The quantitative estimate of drug-likeness (QED) is 0.883. The van der Waals surface area contributed by atoms with Crippen LogP contribution in [-0.2, 0) is 10.0 Å². The molecule has 0 aliphatic rings. The number of hydrogen-bond donors (Lipinski definition) is 1. The molecular formula is C17H19FN2O4S.